The Labute approximate surface area is 156 Å². The summed E-state index contributed by atoms with van der Waals surface area (Å²) in [7, 11) is 1.80. The van der Waals surface area contributed by atoms with E-state index >= 15 is 0 Å². The molecule has 0 bridgehead atoms. The highest BCUT2D eigenvalue weighted by atomic mass is 16.5. The molecule has 1 aromatic carbocycles. The number of nitrogens with zero attached hydrogens (tertiary/aromatic N) is 7. The Balaban J connectivity index is 1.35. The maximum absolute atomic E-state index is 12.4. The van der Waals surface area contributed by atoms with Crippen LogP contribution in [-0.2, 0) is 11.8 Å². The summed E-state index contributed by atoms with van der Waals surface area (Å²) in [5.74, 6) is 1.46. The second kappa shape index (κ2) is 7.18. The molecule has 0 spiro atoms. The Hall–Kier alpha value is -3.23. The molecule has 27 heavy (non-hydrogen) atoms. The SMILES string of the molecule is Cc1ccc(OCC(=O)N2CCN(c3ncnc4c3nnn4C)CC2)cc1. The minimum Gasteiger partial charge on any atom is -0.484 e. The van der Waals surface area contributed by atoms with Crippen molar-refractivity contribution in [1.82, 2.24) is 29.9 Å². The number of piperazine rings is 1. The van der Waals surface area contributed by atoms with Crippen LogP contribution in [0.2, 0.25) is 0 Å². The minimum atomic E-state index is -0.0115. The summed E-state index contributed by atoms with van der Waals surface area (Å²) < 4.78 is 7.23. The number of aryl methyl sites for hydroxylation is 2. The number of carbonyl (C=O) groups is 1. The zero-order valence-corrected chi connectivity index (χ0v) is 15.4. The van der Waals surface area contributed by atoms with Crippen molar-refractivity contribution in [3.05, 3.63) is 36.2 Å². The maximum Gasteiger partial charge on any atom is 0.260 e. The quantitative estimate of drug-likeness (QED) is 0.674. The molecule has 1 amide bonds. The molecule has 140 valence electrons. The smallest absolute Gasteiger partial charge is 0.260 e. The molecule has 2 aromatic heterocycles. The van der Waals surface area contributed by atoms with Crippen molar-refractivity contribution in [2.75, 3.05) is 37.7 Å². The van der Waals surface area contributed by atoms with E-state index in [1.54, 1.807) is 11.7 Å². The Morgan fingerprint density at radius 3 is 2.59 bits per heavy atom. The third-order valence-corrected chi connectivity index (χ3v) is 4.68. The molecule has 0 unspecified atom stereocenters. The largest absolute Gasteiger partial charge is 0.484 e. The van der Waals surface area contributed by atoms with Gasteiger partial charge in [0.15, 0.2) is 23.6 Å². The van der Waals surface area contributed by atoms with Crippen molar-refractivity contribution in [2.45, 2.75) is 6.92 Å². The highest BCUT2D eigenvalue weighted by Crippen LogP contribution is 2.21. The third-order valence-electron chi connectivity index (χ3n) is 4.68. The van der Waals surface area contributed by atoms with Crippen LogP contribution in [-0.4, -0.2) is 68.6 Å². The lowest BCUT2D eigenvalue weighted by Gasteiger charge is -2.35. The first-order valence-corrected chi connectivity index (χ1v) is 8.84. The molecule has 0 N–H and O–H groups in total. The molecule has 3 aromatic rings. The lowest BCUT2D eigenvalue weighted by atomic mass is 10.2. The van der Waals surface area contributed by atoms with E-state index in [1.165, 1.54) is 6.33 Å². The first-order chi connectivity index (χ1) is 13.1. The summed E-state index contributed by atoms with van der Waals surface area (Å²) >= 11 is 0. The number of benzene rings is 1. The van der Waals surface area contributed by atoms with Gasteiger partial charge in [-0.3, -0.25) is 4.79 Å². The van der Waals surface area contributed by atoms with Gasteiger partial charge in [-0.2, -0.15) is 0 Å². The molecule has 1 aliphatic rings. The molecule has 0 aliphatic carbocycles. The van der Waals surface area contributed by atoms with Crippen LogP contribution in [0.3, 0.4) is 0 Å². The Morgan fingerprint density at radius 2 is 1.85 bits per heavy atom. The Morgan fingerprint density at radius 1 is 1.11 bits per heavy atom. The summed E-state index contributed by atoms with van der Waals surface area (Å²) in [4.78, 5) is 24.9. The molecule has 9 nitrogen and oxygen atoms in total. The van der Waals surface area contributed by atoms with Crippen molar-refractivity contribution >= 4 is 22.9 Å². The van der Waals surface area contributed by atoms with Crippen LogP contribution in [0.25, 0.3) is 11.2 Å². The Bertz CT molecular complexity index is 946. The fraction of sp³-hybridized carbons (Fsp3) is 0.389. The van der Waals surface area contributed by atoms with Crippen molar-refractivity contribution in [2.24, 2.45) is 7.05 Å². The summed E-state index contributed by atoms with van der Waals surface area (Å²) in [5, 5.41) is 8.17. The molecule has 1 aliphatic heterocycles. The molecule has 0 saturated carbocycles. The monoisotopic (exact) mass is 367 g/mol. The predicted octanol–water partition coefficient (Wildman–Crippen LogP) is 0.794. The van der Waals surface area contributed by atoms with Crippen LogP contribution >= 0.6 is 0 Å². The molecule has 4 rings (SSSR count). The van der Waals surface area contributed by atoms with Crippen molar-refractivity contribution in [3.8, 4) is 5.75 Å². The van der Waals surface area contributed by atoms with Crippen molar-refractivity contribution in [3.63, 3.8) is 0 Å². The van der Waals surface area contributed by atoms with Gasteiger partial charge in [-0.05, 0) is 19.1 Å². The average Bonchev–Trinajstić information content (AvgIpc) is 3.09. The number of carbonyl (C=O) groups excluding carboxylic acids is 1. The van der Waals surface area contributed by atoms with E-state index in [9.17, 15) is 4.79 Å². The minimum absolute atomic E-state index is 0.0115. The molecular weight excluding hydrogens is 346 g/mol. The molecule has 1 saturated heterocycles. The number of hydrogen-bond acceptors (Lipinski definition) is 7. The van der Waals surface area contributed by atoms with Gasteiger partial charge < -0.3 is 14.5 Å². The van der Waals surface area contributed by atoms with Gasteiger partial charge in [0.25, 0.3) is 5.91 Å². The van der Waals surface area contributed by atoms with E-state index < -0.39 is 0 Å². The Kier molecular flexibility index (Phi) is 4.57. The van der Waals surface area contributed by atoms with Gasteiger partial charge in [0, 0.05) is 33.2 Å². The number of amides is 1. The van der Waals surface area contributed by atoms with Crippen LogP contribution in [0.5, 0.6) is 5.75 Å². The number of anilines is 1. The second-order valence-electron chi connectivity index (χ2n) is 6.55. The van der Waals surface area contributed by atoms with Gasteiger partial charge in [0.2, 0.25) is 0 Å². The number of rotatable bonds is 4. The lowest BCUT2D eigenvalue weighted by molar-refractivity contribution is -0.133. The maximum atomic E-state index is 12.4. The van der Waals surface area contributed by atoms with Gasteiger partial charge in [0.1, 0.15) is 12.1 Å². The van der Waals surface area contributed by atoms with Crippen LogP contribution in [0.4, 0.5) is 5.82 Å². The van der Waals surface area contributed by atoms with Gasteiger partial charge in [-0.15, -0.1) is 5.10 Å². The van der Waals surface area contributed by atoms with Crippen LogP contribution in [0.1, 0.15) is 5.56 Å². The standard InChI is InChI=1S/C18H21N7O2/c1-13-3-5-14(6-4-13)27-11-15(26)24-7-9-25(10-8-24)18-16-17(19-12-20-18)23(2)22-21-16/h3-6,12H,7-11H2,1-2H3. The fourth-order valence-corrected chi connectivity index (χ4v) is 3.11. The van der Waals surface area contributed by atoms with Crippen LogP contribution in [0, 0.1) is 6.92 Å². The fourth-order valence-electron chi connectivity index (χ4n) is 3.11. The van der Waals surface area contributed by atoms with E-state index in [-0.39, 0.29) is 12.5 Å². The number of hydrogen-bond donors (Lipinski definition) is 0. The third kappa shape index (κ3) is 3.53. The van der Waals surface area contributed by atoms with Crippen LogP contribution in [0.15, 0.2) is 30.6 Å². The summed E-state index contributed by atoms with van der Waals surface area (Å²) in [5.41, 5.74) is 2.54. The van der Waals surface area contributed by atoms with Crippen molar-refractivity contribution < 1.29 is 9.53 Å². The molecule has 3 heterocycles. The first kappa shape index (κ1) is 17.2. The number of aromatic nitrogens is 5. The molecule has 1 fully saturated rings. The van der Waals surface area contributed by atoms with E-state index in [2.05, 4.69) is 25.2 Å². The van der Waals surface area contributed by atoms with E-state index in [1.807, 2.05) is 36.1 Å². The van der Waals surface area contributed by atoms with Gasteiger partial charge in [-0.25, -0.2) is 14.6 Å². The van der Waals surface area contributed by atoms with Gasteiger partial charge in [-0.1, -0.05) is 22.9 Å². The molecule has 9 heteroatoms. The average molecular weight is 367 g/mol. The van der Waals surface area contributed by atoms with Gasteiger partial charge >= 0.3 is 0 Å². The molecule has 0 atom stereocenters. The number of ether oxygens (including phenoxy) is 1. The summed E-state index contributed by atoms with van der Waals surface area (Å²) in [6.07, 6.45) is 1.52. The van der Waals surface area contributed by atoms with Crippen LogP contribution < -0.4 is 9.64 Å². The predicted molar refractivity (Wildman–Crippen MR) is 99.6 cm³/mol. The summed E-state index contributed by atoms with van der Waals surface area (Å²) in [6.45, 7) is 4.65. The molecular formula is C18H21N7O2. The normalized spacial score (nSPS) is 14.6. The zero-order valence-electron chi connectivity index (χ0n) is 15.4. The summed E-state index contributed by atoms with van der Waals surface area (Å²) in [6, 6.07) is 7.69. The highest BCUT2D eigenvalue weighted by Gasteiger charge is 2.24. The van der Waals surface area contributed by atoms with E-state index in [0.29, 0.717) is 43.1 Å². The lowest BCUT2D eigenvalue weighted by Crippen LogP contribution is -2.50. The van der Waals surface area contributed by atoms with Gasteiger partial charge in [0.05, 0.1) is 0 Å². The first-order valence-electron chi connectivity index (χ1n) is 8.84. The van der Waals surface area contributed by atoms with E-state index in [0.717, 1.165) is 11.4 Å². The van der Waals surface area contributed by atoms with Crippen molar-refractivity contribution in [1.29, 1.82) is 0 Å². The topological polar surface area (TPSA) is 89.3 Å². The zero-order chi connectivity index (χ0) is 18.8. The second-order valence-corrected chi connectivity index (χ2v) is 6.55. The number of fused-ring (bicyclic) bond motifs is 1. The molecule has 0 radical (unpaired) electrons. The highest BCUT2D eigenvalue weighted by molar-refractivity contribution is 5.83. The van der Waals surface area contributed by atoms with E-state index in [4.69, 9.17) is 4.74 Å².